The first-order valence-corrected chi connectivity index (χ1v) is 16.3. The minimum atomic E-state index is -5.06. The van der Waals surface area contributed by atoms with Crippen LogP contribution in [-0.4, -0.2) is 103 Å². The predicted molar refractivity (Wildman–Crippen MR) is 168 cm³/mol. The molecule has 1 aliphatic rings. The van der Waals surface area contributed by atoms with Gasteiger partial charge in [0.1, 0.15) is 30.5 Å². The SMILES string of the molecule is CC(C)CCCCCCCCC(=O)OC/C=C/C=C\C=C/C(O)CC(OP(=O)(O)O)C(C)(O)/C=C/C1OC(=O)C=CC1O.[Na]. The van der Waals surface area contributed by atoms with Crippen molar-refractivity contribution in [3.8, 4) is 0 Å². The van der Waals surface area contributed by atoms with Crippen molar-refractivity contribution in [2.45, 2.75) is 109 Å². The zero-order valence-corrected chi connectivity index (χ0v) is 29.3. The number of carbonyl (C=O) groups is 2. The maximum absolute atomic E-state index is 11.8. The first kappa shape index (κ1) is 42.6. The van der Waals surface area contributed by atoms with Crippen LogP contribution in [0.3, 0.4) is 0 Å². The number of phosphoric acid groups is 1. The summed E-state index contributed by atoms with van der Waals surface area (Å²) in [5.74, 6) is -0.182. The number of esters is 2. The molecule has 0 saturated carbocycles. The zero-order chi connectivity index (χ0) is 32.3. The van der Waals surface area contributed by atoms with Gasteiger partial charge in [0.15, 0.2) is 0 Å². The van der Waals surface area contributed by atoms with E-state index in [1.807, 2.05) is 0 Å². The van der Waals surface area contributed by atoms with Crippen LogP contribution < -0.4 is 0 Å². The van der Waals surface area contributed by atoms with Gasteiger partial charge in [-0.1, -0.05) is 88.8 Å². The van der Waals surface area contributed by atoms with Crippen LogP contribution in [0, 0.1) is 5.92 Å². The van der Waals surface area contributed by atoms with Gasteiger partial charge in [0.25, 0.3) is 0 Å². The van der Waals surface area contributed by atoms with Gasteiger partial charge < -0.3 is 34.6 Å². The number of unbranched alkanes of at least 4 members (excludes halogenated alkanes) is 5. The van der Waals surface area contributed by atoms with Crippen LogP contribution >= 0.6 is 7.82 Å². The van der Waals surface area contributed by atoms with E-state index in [1.165, 1.54) is 56.9 Å². The van der Waals surface area contributed by atoms with Gasteiger partial charge in [-0.3, -0.25) is 9.32 Å². The Morgan fingerprint density at radius 2 is 1.73 bits per heavy atom. The summed E-state index contributed by atoms with van der Waals surface area (Å²) in [5.41, 5.74) is -2.02. The number of hydrogen-bond donors (Lipinski definition) is 5. The molecule has 1 rings (SSSR count). The molecule has 0 aliphatic carbocycles. The predicted octanol–water partition coefficient (Wildman–Crippen LogP) is 3.97. The smallest absolute Gasteiger partial charge is 0.461 e. The Bertz CT molecular complexity index is 1030. The number of aliphatic hydroxyl groups excluding tert-OH is 2. The van der Waals surface area contributed by atoms with Gasteiger partial charge in [-0.25, -0.2) is 9.36 Å². The molecule has 5 unspecified atom stereocenters. The Morgan fingerprint density at radius 3 is 2.39 bits per heavy atom. The van der Waals surface area contributed by atoms with Gasteiger partial charge in [-0.05, 0) is 37.5 Å². The number of allylic oxidation sites excluding steroid dienone is 4. The molecule has 11 nitrogen and oxygen atoms in total. The fraction of sp³-hybridized carbons (Fsp3) is 0.613. The third-order valence-corrected chi connectivity index (χ3v) is 7.10. The first-order chi connectivity index (χ1) is 20.2. The molecule has 44 heavy (non-hydrogen) atoms. The fourth-order valence-electron chi connectivity index (χ4n) is 4.13. The minimum absolute atomic E-state index is 0. The second kappa shape index (κ2) is 23.0. The van der Waals surface area contributed by atoms with Crippen LogP contribution in [0.4, 0.5) is 0 Å². The molecular formula is C31H49NaO11P. The van der Waals surface area contributed by atoms with Crippen LogP contribution in [0.5, 0.6) is 0 Å². The van der Waals surface area contributed by atoms with E-state index in [-0.39, 0.29) is 42.1 Å². The van der Waals surface area contributed by atoms with Crippen LogP contribution in [0.2, 0.25) is 0 Å². The summed E-state index contributed by atoms with van der Waals surface area (Å²) in [4.78, 5) is 41.8. The van der Waals surface area contributed by atoms with Gasteiger partial charge in [-0.2, -0.15) is 0 Å². The average molecular weight is 652 g/mol. The van der Waals surface area contributed by atoms with E-state index in [0.29, 0.717) is 6.42 Å². The number of ether oxygens (including phenoxy) is 2. The van der Waals surface area contributed by atoms with E-state index in [4.69, 9.17) is 14.0 Å². The minimum Gasteiger partial charge on any atom is -0.461 e. The van der Waals surface area contributed by atoms with E-state index in [9.17, 15) is 39.3 Å². The Morgan fingerprint density at radius 1 is 1.09 bits per heavy atom. The number of rotatable bonds is 21. The van der Waals surface area contributed by atoms with Crippen molar-refractivity contribution in [1.82, 2.24) is 0 Å². The molecule has 0 saturated heterocycles. The van der Waals surface area contributed by atoms with Gasteiger partial charge in [0, 0.05) is 48.5 Å². The number of hydrogen-bond acceptors (Lipinski definition) is 9. The first-order valence-electron chi connectivity index (χ1n) is 14.8. The van der Waals surface area contributed by atoms with Gasteiger partial charge in [0.05, 0.1) is 6.10 Å². The molecule has 0 aromatic carbocycles. The molecule has 0 aromatic rings. The molecule has 0 aromatic heterocycles. The average Bonchev–Trinajstić information content (AvgIpc) is 2.90. The summed E-state index contributed by atoms with van der Waals surface area (Å²) < 4.78 is 26.3. The molecule has 5 N–H and O–H groups in total. The molecule has 0 fully saturated rings. The molecule has 245 valence electrons. The van der Waals surface area contributed by atoms with E-state index < -0.39 is 50.2 Å². The Hall–Kier alpha value is -1.37. The van der Waals surface area contributed by atoms with Crippen molar-refractivity contribution in [3.05, 3.63) is 60.8 Å². The molecule has 0 amide bonds. The van der Waals surface area contributed by atoms with Gasteiger partial charge >= 0.3 is 19.8 Å². The van der Waals surface area contributed by atoms with E-state index >= 15 is 0 Å². The maximum Gasteiger partial charge on any atom is 0.469 e. The second-order valence-electron chi connectivity index (χ2n) is 11.2. The number of phosphoric ester groups is 1. The fourth-order valence-corrected chi connectivity index (χ4v) is 4.76. The van der Waals surface area contributed by atoms with Crippen LogP contribution in [0.1, 0.15) is 78.6 Å². The summed E-state index contributed by atoms with van der Waals surface area (Å²) in [7, 11) is -5.06. The van der Waals surface area contributed by atoms with Crippen LogP contribution in [-0.2, 0) is 28.2 Å². The standard InChI is InChI=1S/C31H49O11P.Na/c1-24(2)15-11-7-4-5-9-13-17-29(34)40-22-14-10-6-8-12-16-25(32)23-28(42-43(37,38)39)31(3,36)21-20-27-26(33)18-19-30(35)41-27;/h6,8,10,12,14,16,18-21,24-28,32-33,36H,4-5,7,9,11,13,15,17,22-23H2,1-3H3,(H2,37,38,39);/b8-6-,14-10+,16-12-,21-20+;. The van der Waals surface area contributed by atoms with Crippen molar-refractivity contribution in [3.63, 3.8) is 0 Å². The molecule has 1 aliphatic heterocycles. The summed E-state index contributed by atoms with van der Waals surface area (Å²) in [6.45, 7) is 5.80. The van der Waals surface area contributed by atoms with E-state index in [2.05, 4.69) is 13.8 Å². The van der Waals surface area contributed by atoms with Crippen molar-refractivity contribution in [2.75, 3.05) is 6.61 Å². The summed E-state index contributed by atoms with van der Waals surface area (Å²) >= 11 is 0. The van der Waals surface area contributed by atoms with Crippen molar-refractivity contribution >= 4 is 49.3 Å². The molecule has 0 spiro atoms. The molecule has 1 heterocycles. The monoisotopic (exact) mass is 651 g/mol. The number of cyclic esters (lactones) is 1. The molecule has 1 radical (unpaired) electrons. The third kappa shape index (κ3) is 21.4. The normalized spacial score (nSPS) is 20.3. The largest absolute Gasteiger partial charge is 0.469 e. The van der Waals surface area contributed by atoms with E-state index in [1.54, 1.807) is 24.3 Å². The number of aliphatic hydroxyl groups is 3. The molecule has 0 bridgehead atoms. The Kier molecular flexibility index (Phi) is 22.3. The molecule has 5 atom stereocenters. The van der Waals surface area contributed by atoms with Crippen molar-refractivity contribution < 1.29 is 53.3 Å². The van der Waals surface area contributed by atoms with Crippen LogP contribution in [0.25, 0.3) is 0 Å². The molecule has 13 heteroatoms. The summed E-state index contributed by atoms with van der Waals surface area (Å²) in [5, 5.41) is 31.1. The second-order valence-corrected chi connectivity index (χ2v) is 12.4. The summed E-state index contributed by atoms with van der Waals surface area (Å²) in [6, 6.07) is 0. The van der Waals surface area contributed by atoms with Gasteiger partial charge in [-0.15, -0.1) is 0 Å². The van der Waals surface area contributed by atoms with E-state index in [0.717, 1.165) is 37.3 Å². The van der Waals surface area contributed by atoms with Crippen molar-refractivity contribution in [1.29, 1.82) is 0 Å². The molecular weight excluding hydrogens is 602 g/mol. The quantitative estimate of drug-likeness (QED) is 0.0303. The van der Waals surface area contributed by atoms with Gasteiger partial charge in [0.2, 0.25) is 0 Å². The Labute approximate surface area is 283 Å². The third-order valence-electron chi connectivity index (χ3n) is 6.57. The maximum atomic E-state index is 11.8. The van der Waals surface area contributed by atoms with Crippen molar-refractivity contribution in [2.24, 2.45) is 5.92 Å². The Balaban J connectivity index is 0.0000185. The zero-order valence-electron chi connectivity index (χ0n) is 26.4. The van der Waals surface area contributed by atoms with Crippen LogP contribution in [0.15, 0.2) is 60.8 Å². The summed E-state index contributed by atoms with van der Waals surface area (Å²) in [6.07, 6.45) is 16.7. The topological polar surface area (TPSA) is 180 Å². The number of carbonyl (C=O) groups excluding carboxylic acids is 2.